The Hall–Kier alpha value is -2.62. The van der Waals surface area contributed by atoms with Crippen molar-refractivity contribution < 1.29 is 27.9 Å². The van der Waals surface area contributed by atoms with Crippen LogP contribution in [0.5, 0.6) is 5.75 Å². The van der Waals surface area contributed by atoms with E-state index in [0.717, 1.165) is 13.2 Å². The lowest BCUT2D eigenvalue weighted by molar-refractivity contribution is 0.0597. The highest BCUT2D eigenvalue weighted by Crippen LogP contribution is 2.29. The monoisotopic (exact) mass is 426 g/mol. The van der Waals surface area contributed by atoms with Crippen molar-refractivity contribution in [2.45, 2.75) is 24.8 Å². The van der Waals surface area contributed by atoms with Gasteiger partial charge in [-0.2, -0.15) is 0 Å². The molecule has 0 spiro atoms. The number of rotatable bonds is 6. The Labute approximate surface area is 167 Å². The quantitative estimate of drug-likeness (QED) is 0.482. The number of methoxy groups -OCH3 is 1. The normalized spacial score (nSPS) is 11.3. The molecule has 0 unspecified atom stereocenters. The molecule has 2 aromatic carbocycles. The third kappa shape index (κ3) is 4.80. The van der Waals surface area contributed by atoms with E-state index in [0.29, 0.717) is 0 Å². The molecule has 3 N–H and O–H groups in total. The van der Waals surface area contributed by atoms with Gasteiger partial charge in [0.15, 0.2) is 5.75 Å². The number of anilines is 1. The number of halogens is 1. The molecule has 0 aromatic heterocycles. The molecule has 10 heteroatoms. The van der Waals surface area contributed by atoms with Gasteiger partial charge in [-0.3, -0.25) is 4.79 Å². The second-order valence-electron chi connectivity index (χ2n) is 6.07. The predicted octanol–water partition coefficient (Wildman–Crippen LogP) is 2.77. The number of benzene rings is 2. The molecule has 2 aromatic rings. The molecule has 0 aliphatic rings. The van der Waals surface area contributed by atoms with E-state index in [1.165, 1.54) is 30.3 Å². The van der Waals surface area contributed by atoms with Gasteiger partial charge in [0.05, 0.1) is 28.3 Å². The fourth-order valence-corrected chi connectivity index (χ4v) is 3.81. The number of hydrogen-bond donors (Lipinski definition) is 3. The van der Waals surface area contributed by atoms with Crippen LogP contribution in [-0.2, 0) is 14.8 Å². The zero-order valence-corrected chi connectivity index (χ0v) is 16.9. The van der Waals surface area contributed by atoms with E-state index in [4.69, 9.17) is 11.6 Å². The Kier molecular flexibility index (Phi) is 6.65. The third-order valence-corrected chi connectivity index (χ3v) is 5.56. The minimum absolute atomic E-state index is 0.0182. The molecule has 28 heavy (non-hydrogen) atoms. The van der Waals surface area contributed by atoms with Gasteiger partial charge in [-0.25, -0.2) is 17.9 Å². The van der Waals surface area contributed by atoms with Crippen molar-refractivity contribution in [1.82, 2.24) is 4.72 Å². The summed E-state index contributed by atoms with van der Waals surface area (Å²) in [5, 5.41) is 12.6. The average molecular weight is 427 g/mol. The summed E-state index contributed by atoms with van der Waals surface area (Å²) in [4.78, 5) is 24.1. The number of carbonyl (C=O) groups is 2. The summed E-state index contributed by atoms with van der Waals surface area (Å²) < 4.78 is 31.6. The minimum atomic E-state index is -3.83. The summed E-state index contributed by atoms with van der Waals surface area (Å²) in [6, 6.07) is 7.49. The maximum Gasteiger partial charge on any atom is 0.341 e. The molecule has 150 valence electrons. The first-order chi connectivity index (χ1) is 13.1. The van der Waals surface area contributed by atoms with Crippen LogP contribution in [0.2, 0.25) is 5.02 Å². The van der Waals surface area contributed by atoms with Crippen LogP contribution in [0, 0.1) is 0 Å². The third-order valence-electron chi connectivity index (χ3n) is 3.57. The fraction of sp³-hybridized carbons (Fsp3) is 0.222. The Morgan fingerprint density at radius 2 is 1.82 bits per heavy atom. The zero-order chi connectivity index (χ0) is 21.1. The van der Waals surface area contributed by atoms with Gasteiger partial charge < -0.3 is 15.2 Å². The van der Waals surface area contributed by atoms with Crippen LogP contribution in [-0.4, -0.2) is 38.6 Å². The first kappa shape index (κ1) is 21.7. The molecule has 0 radical (unpaired) electrons. The number of carbonyl (C=O) groups excluding carboxylic acids is 2. The van der Waals surface area contributed by atoms with Gasteiger partial charge in [0.1, 0.15) is 5.56 Å². The van der Waals surface area contributed by atoms with E-state index in [9.17, 15) is 23.1 Å². The molecule has 0 atom stereocenters. The van der Waals surface area contributed by atoms with E-state index in [2.05, 4.69) is 14.8 Å². The zero-order valence-electron chi connectivity index (χ0n) is 15.3. The number of ether oxygens (including phenoxy) is 1. The summed E-state index contributed by atoms with van der Waals surface area (Å²) in [6.45, 7) is 3.33. The van der Waals surface area contributed by atoms with Gasteiger partial charge in [0, 0.05) is 6.04 Å². The van der Waals surface area contributed by atoms with Crippen molar-refractivity contribution in [3.63, 3.8) is 0 Å². The molecule has 0 aliphatic heterocycles. The molecule has 0 fully saturated rings. The van der Waals surface area contributed by atoms with Crippen molar-refractivity contribution in [2.24, 2.45) is 0 Å². The Bertz CT molecular complexity index is 1020. The number of phenols is 1. The van der Waals surface area contributed by atoms with Crippen LogP contribution >= 0.6 is 11.6 Å². The number of esters is 1. The topological polar surface area (TPSA) is 122 Å². The van der Waals surface area contributed by atoms with E-state index < -0.39 is 27.6 Å². The fourth-order valence-electron chi connectivity index (χ4n) is 2.33. The van der Waals surface area contributed by atoms with Crippen LogP contribution in [0.15, 0.2) is 41.3 Å². The minimum Gasteiger partial charge on any atom is -0.505 e. The van der Waals surface area contributed by atoms with Crippen molar-refractivity contribution in [3.8, 4) is 5.75 Å². The van der Waals surface area contributed by atoms with Crippen LogP contribution in [0.4, 0.5) is 5.69 Å². The summed E-state index contributed by atoms with van der Waals surface area (Å²) in [7, 11) is -2.68. The predicted molar refractivity (Wildman–Crippen MR) is 104 cm³/mol. The second kappa shape index (κ2) is 8.59. The maximum atomic E-state index is 12.6. The number of hydrogen-bond acceptors (Lipinski definition) is 6. The van der Waals surface area contributed by atoms with E-state index in [1.54, 1.807) is 13.8 Å². The molecule has 0 saturated heterocycles. The van der Waals surface area contributed by atoms with Crippen molar-refractivity contribution in [2.75, 3.05) is 12.4 Å². The van der Waals surface area contributed by atoms with Gasteiger partial charge in [0.2, 0.25) is 10.0 Å². The van der Waals surface area contributed by atoms with E-state index in [-0.39, 0.29) is 32.8 Å². The number of amides is 1. The SMILES string of the molecule is COC(=O)c1cccc(NC(=O)c2cc(S(=O)(=O)NC(C)C)ccc2Cl)c1O. The highest BCUT2D eigenvalue weighted by Gasteiger charge is 2.21. The molecule has 0 bridgehead atoms. The smallest absolute Gasteiger partial charge is 0.341 e. The largest absolute Gasteiger partial charge is 0.505 e. The molecule has 0 heterocycles. The number of para-hydroxylation sites is 1. The second-order valence-corrected chi connectivity index (χ2v) is 8.19. The number of nitrogens with one attached hydrogen (secondary N) is 2. The van der Waals surface area contributed by atoms with Crippen molar-refractivity contribution in [3.05, 3.63) is 52.5 Å². The molecule has 0 saturated carbocycles. The van der Waals surface area contributed by atoms with Crippen LogP contribution in [0.3, 0.4) is 0 Å². The summed E-state index contributed by atoms with van der Waals surface area (Å²) in [6.07, 6.45) is 0. The van der Waals surface area contributed by atoms with E-state index in [1.807, 2.05) is 0 Å². The molecule has 0 aliphatic carbocycles. The molecular formula is C18H19ClN2O6S. The lowest BCUT2D eigenvalue weighted by atomic mass is 10.1. The lowest BCUT2D eigenvalue weighted by Crippen LogP contribution is -2.30. The Morgan fingerprint density at radius 1 is 1.14 bits per heavy atom. The van der Waals surface area contributed by atoms with Gasteiger partial charge in [-0.15, -0.1) is 0 Å². The first-order valence-electron chi connectivity index (χ1n) is 8.10. The maximum absolute atomic E-state index is 12.6. The van der Waals surface area contributed by atoms with E-state index >= 15 is 0 Å². The van der Waals surface area contributed by atoms with Gasteiger partial charge >= 0.3 is 5.97 Å². The highest BCUT2D eigenvalue weighted by molar-refractivity contribution is 7.89. The summed E-state index contributed by atoms with van der Waals surface area (Å²) >= 11 is 6.04. The van der Waals surface area contributed by atoms with Crippen molar-refractivity contribution >= 4 is 39.2 Å². The van der Waals surface area contributed by atoms with Crippen LogP contribution in [0.25, 0.3) is 0 Å². The number of aromatic hydroxyl groups is 1. The molecular weight excluding hydrogens is 408 g/mol. The van der Waals surface area contributed by atoms with Crippen molar-refractivity contribution in [1.29, 1.82) is 0 Å². The number of sulfonamides is 1. The lowest BCUT2D eigenvalue weighted by Gasteiger charge is -2.13. The molecule has 2 rings (SSSR count). The van der Waals surface area contributed by atoms with Gasteiger partial charge in [-0.05, 0) is 44.2 Å². The standard InChI is InChI=1S/C18H19ClN2O6S/c1-10(2)21-28(25,26)11-7-8-14(19)13(9-11)17(23)20-15-6-4-5-12(16(15)22)18(24)27-3/h4-10,21-22H,1-3H3,(H,20,23). The molecule has 8 nitrogen and oxygen atoms in total. The van der Waals surface area contributed by atoms with Gasteiger partial charge in [0.25, 0.3) is 5.91 Å². The molecule has 1 amide bonds. The van der Waals surface area contributed by atoms with Crippen LogP contribution < -0.4 is 10.0 Å². The first-order valence-corrected chi connectivity index (χ1v) is 9.96. The van der Waals surface area contributed by atoms with Gasteiger partial charge in [-0.1, -0.05) is 17.7 Å². The average Bonchev–Trinajstić information content (AvgIpc) is 2.61. The number of phenolic OH excluding ortho intramolecular Hbond substituents is 1. The van der Waals surface area contributed by atoms with Crippen LogP contribution in [0.1, 0.15) is 34.6 Å². The highest BCUT2D eigenvalue weighted by atomic mass is 35.5. The summed E-state index contributed by atoms with van der Waals surface area (Å²) in [5.41, 5.74) is -0.308. The summed E-state index contributed by atoms with van der Waals surface area (Å²) in [5.74, 6) is -2.02. The Morgan fingerprint density at radius 3 is 2.43 bits per heavy atom. The Balaban J connectivity index is 2.38.